The minimum Gasteiger partial charge on any atom is -0.325 e. The third-order valence-electron chi connectivity index (χ3n) is 9.58. The summed E-state index contributed by atoms with van der Waals surface area (Å²) in [6.07, 6.45) is 11.6. The molecule has 1 aliphatic heterocycles. The number of amides is 1. The second kappa shape index (κ2) is 10.4. The second-order valence-corrected chi connectivity index (χ2v) is 16.4. The molecule has 0 aromatic heterocycles. The van der Waals surface area contributed by atoms with E-state index in [1.165, 1.54) is 60.5 Å². The maximum absolute atomic E-state index is 12.9. The quantitative estimate of drug-likeness (QED) is 0.482. The van der Waals surface area contributed by atoms with Crippen LogP contribution in [-0.4, -0.2) is 52.9 Å². The van der Waals surface area contributed by atoms with Crippen molar-refractivity contribution in [2.45, 2.75) is 68.1 Å². The van der Waals surface area contributed by atoms with Crippen molar-refractivity contribution in [2.24, 2.45) is 17.8 Å². The van der Waals surface area contributed by atoms with Gasteiger partial charge >= 0.3 is 0 Å². The van der Waals surface area contributed by atoms with Gasteiger partial charge in [0, 0.05) is 18.8 Å². The average molecular weight is 586 g/mol. The van der Waals surface area contributed by atoms with E-state index >= 15 is 0 Å². The summed E-state index contributed by atoms with van der Waals surface area (Å²) >= 11 is 0. The molecule has 0 spiro atoms. The molecule has 5 fully saturated rings. The van der Waals surface area contributed by atoms with Crippen LogP contribution < -0.4 is 9.62 Å². The van der Waals surface area contributed by atoms with E-state index in [4.69, 9.17) is 0 Å². The van der Waals surface area contributed by atoms with Crippen molar-refractivity contribution in [3.8, 4) is 0 Å². The van der Waals surface area contributed by atoms with Crippen LogP contribution in [0.1, 0.15) is 63.4 Å². The number of benzene rings is 2. The Hall–Kier alpha value is -2.43. The van der Waals surface area contributed by atoms with Gasteiger partial charge in [-0.2, -0.15) is 4.31 Å². The minimum absolute atomic E-state index is 0.185. The molecular formula is C30H39N3O5S2. The summed E-state index contributed by atoms with van der Waals surface area (Å²) < 4.78 is 53.8. The molecule has 4 bridgehead atoms. The van der Waals surface area contributed by atoms with E-state index in [0.717, 1.165) is 47.6 Å². The number of rotatable bonds is 8. The SMILES string of the molecule is CS(=O)(=O)N(CC(=O)Nc1ccc(S(=O)(=O)N2CCCCC2)cc1)c1ccc(C23CC4CC(CC(C4)C2)C3)cc1. The fourth-order valence-corrected chi connectivity index (χ4v) is 10.5. The van der Waals surface area contributed by atoms with Crippen molar-refractivity contribution in [3.05, 3.63) is 54.1 Å². The van der Waals surface area contributed by atoms with E-state index in [9.17, 15) is 21.6 Å². The smallest absolute Gasteiger partial charge is 0.245 e. The molecule has 5 aliphatic rings. The number of hydrogen-bond acceptors (Lipinski definition) is 5. The van der Waals surface area contributed by atoms with Crippen LogP contribution in [0.3, 0.4) is 0 Å². The molecule has 7 rings (SSSR count). The van der Waals surface area contributed by atoms with Crippen LogP contribution in [-0.2, 0) is 30.3 Å². The van der Waals surface area contributed by atoms with Gasteiger partial charge in [-0.25, -0.2) is 16.8 Å². The van der Waals surface area contributed by atoms with E-state index in [-0.39, 0.29) is 16.9 Å². The molecule has 1 N–H and O–H groups in total. The number of piperidine rings is 1. The van der Waals surface area contributed by atoms with Gasteiger partial charge in [0.2, 0.25) is 26.0 Å². The lowest BCUT2D eigenvalue weighted by Crippen LogP contribution is -2.48. The normalized spacial score (nSPS) is 28.4. The van der Waals surface area contributed by atoms with Crippen LogP contribution in [0, 0.1) is 17.8 Å². The van der Waals surface area contributed by atoms with Crippen LogP contribution >= 0.6 is 0 Å². The largest absolute Gasteiger partial charge is 0.325 e. The molecule has 4 aliphatic carbocycles. The highest BCUT2D eigenvalue weighted by Gasteiger charge is 2.51. The maximum Gasteiger partial charge on any atom is 0.245 e. The van der Waals surface area contributed by atoms with Gasteiger partial charge in [-0.05, 0) is 116 Å². The third kappa shape index (κ3) is 5.42. The fourth-order valence-electron chi connectivity index (χ4n) is 8.14. The average Bonchev–Trinajstić information content (AvgIpc) is 2.91. The summed E-state index contributed by atoms with van der Waals surface area (Å²) in [5.74, 6) is 1.96. The van der Waals surface area contributed by atoms with Crippen LogP contribution in [0.4, 0.5) is 11.4 Å². The highest BCUT2D eigenvalue weighted by atomic mass is 32.2. The first-order chi connectivity index (χ1) is 19.0. The maximum atomic E-state index is 12.9. The molecule has 40 heavy (non-hydrogen) atoms. The Morgan fingerprint density at radius 1 is 0.850 bits per heavy atom. The number of carbonyl (C=O) groups excluding carboxylic acids is 1. The van der Waals surface area contributed by atoms with Crippen LogP contribution in [0.15, 0.2) is 53.4 Å². The van der Waals surface area contributed by atoms with Crippen molar-refractivity contribution in [1.29, 1.82) is 0 Å². The number of carbonyl (C=O) groups is 1. The predicted molar refractivity (Wildman–Crippen MR) is 156 cm³/mol. The fraction of sp³-hybridized carbons (Fsp3) is 0.567. The van der Waals surface area contributed by atoms with Crippen molar-refractivity contribution in [1.82, 2.24) is 4.31 Å². The summed E-state index contributed by atoms with van der Waals surface area (Å²) in [5, 5.41) is 2.72. The molecule has 10 heteroatoms. The van der Waals surface area contributed by atoms with E-state index in [1.807, 2.05) is 12.1 Å². The first-order valence-electron chi connectivity index (χ1n) is 14.5. The van der Waals surface area contributed by atoms with Crippen molar-refractivity contribution < 1.29 is 21.6 Å². The molecule has 216 valence electrons. The number of hydrogen-bond donors (Lipinski definition) is 1. The highest BCUT2D eigenvalue weighted by Crippen LogP contribution is 2.60. The topological polar surface area (TPSA) is 104 Å². The van der Waals surface area contributed by atoms with Crippen molar-refractivity contribution in [2.75, 3.05) is 35.5 Å². The zero-order valence-corrected chi connectivity index (χ0v) is 24.7. The Kier molecular flexibility index (Phi) is 7.24. The Balaban J connectivity index is 1.13. The molecule has 0 unspecified atom stereocenters. The van der Waals surface area contributed by atoms with Gasteiger partial charge < -0.3 is 5.32 Å². The Labute approximate surface area is 238 Å². The molecule has 1 amide bonds. The summed E-state index contributed by atoms with van der Waals surface area (Å²) in [4.78, 5) is 13.1. The van der Waals surface area contributed by atoms with E-state index < -0.39 is 26.0 Å². The number of nitrogens with zero attached hydrogens (tertiary/aromatic N) is 2. The Bertz CT molecular complexity index is 1430. The number of sulfonamides is 2. The van der Waals surface area contributed by atoms with E-state index in [2.05, 4.69) is 17.4 Å². The zero-order valence-electron chi connectivity index (χ0n) is 23.1. The minimum atomic E-state index is -3.71. The molecule has 2 aromatic rings. The molecule has 1 saturated heterocycles. The van der Waals surface area contributed by atoms with Gasteiger partial charge in [0.25, 0.3) is 0 Å². The Morgan fingerprint density at radius 2 is 1.40 bits per heavy atom. The predicted octanol–water partition coefficient (Wildman–Crippen LogP) is 4.73. The standard InChI is InChI=1S/C30H39N3O5S2/c1-39(35,36)33(27-9-5-25(6-10-27)30-18-22-15-23(19-30)17-24(16-22)20-30)21-29(34)31-26-7-11-28(12-8-26)40(37,38)32-13-3-2-4-14-32/h5-12,22-24H,2-4,13-21H2,1H3,(H,31,34). The van der Waals surface area contributed by atoms with Gasteiger partial charge in [0.1, 0.15) is 6.54 Å². The van der Waals surface area contributed by atoms with Gasteiger partial charge in [-0.3, -0.25) is 9.10 Å². The molecule has 1 heterocycles. The van der Waals surface area contributed by atoms with E-state index in [0.29, 0.717) is 24.5 Å². The third-order valence-corrected chi connectivity index (χ3v) is 12.6. The zero-order chi connectivity index (χ0) is 28.1. The van der Waals surface area contributed by atoms with Crippen LogP contribution in [0.2, 0.25) is 0 Å². The van der Waals surface area contributed by atoms with Crippen molar-refractivity contribution in [3.63, 3.8) is 0 Å². The van der Waals surface area contributed by atoms with Gasteiger partial charge in [0.15, 0.2) is 0 Å². The van der Waals surface area contributed by atoms with Crippen molar-refractivity contribution >= 4 is 37.3 Å². The molecule has 4 saturated carbocycles. The molecule has 2 aromatic carbocycles. The molecule has 0 atom stereocenters. The van der Waals surface area contributed by atoms with Gasteiger partial charge in [-0.15, -0.1) is 0 Å². The number of anilines is 2. The van der Waals surface area contributed by atoms with Gasteiger partial charge in [-0.1, -0.05) is 18.6 Å². The monoisotopic (exact) mass is 585 g/mol. The first kappa shape index (κ1) is 27.7. The summed E-state index contributed by atoms with van der Waals surface area (Å²) in [7, 11) is -7.28. The first-order valence-corrected chi connectivity index (χ1v) is 17.8. The summed E-state index contributed by atoms with van der Waals surface area (Å²) in [6, 6.07) is 13.9. The van der Waals surface area contributed by atoms with Crippen LogP contribution in [0.5, 0.6) is 0 Å². The second-order valence-electron chi connectivity index (χ2n) is 12.6. The summed E-state index contributed by atoms with van der Waals surface area (Å²) in [6.45, 7) is 0.667. The lowest BCUT2D eigenvalue weighted by Gasteiger charge is -2.57. The lowest BCUT2D eigenvalue weighted by atomic mass is 9.48. The lowest BCUT2D eigenvalue weighted by molar-refractivity contribution is -0.114. The molecular weight excluding hydrogens is 546 g/mol. The Morgan fingerprint density at radius 3 is 1.93 bits per heavy atom. The van der Waals surface area contributed by atoms with Gasteiger partial charge in [0.05, 0.1) is 16.8 Å². The number of nitrogens with one attached hydrogen (secondary N) is 1. The van der Waals surface area contributed by atoms with Crippen LogP contribution in [0.25, 0.3) is 0 Å². The molecule has 8 nitrogen and oxygen atoms in total. The van der Waals surface area contributed by atoms with E-state index in [1.54, 1.807) is 12.1 Å². The summed E-state index contributed by atoms with van der Waals surface area (Å²) in [5.41, 5.74) is 2.39. The molecule has 0 radical (unpaired) electrons. The highest BCUT2D eigenvalue weighted by molar-refractivity contribution is 7.92.